The summed E-state index contributed by atoms with van der Waals surface area (Å²) in [4.78, 5) is 13.2. The first-order valence-electron chi connectivity index (χ1n) is 8.00. The van der Waals surface area contributed by atoms with Crippen molar-refractivity contribution in [3.05, 3.63) is 53.5 Å². The molecule has 2 rings (SSSR count). The van der Waals surface area contributed by atoms with Gasteiger partial charge in [0.2, 0.25) is 5.95 Å². The molecule has 127 valence electrons. The molecule has 0 aliphatic rings. The summed E-state index contributed by atoms with van der Waals surface area (Å²) in [5, 5.41) is 3.35. The number of nitrogens with one attached hydrogen (secondary N) is 1. The van der Waals surface area contributed by atoms with Crippen LogP contribution < -0.4 is 5.32 Å². The van der Waals surface area contributed by atoms with Crippen molar-refractivity contribution in [3.63, 3.8) is 0 Å². The van der Waals surface area contributed by atoms with E-state index in [4.69, 9.17) is 4.74 Å². The first-order chi connectivity index (χ1) is 11.1. The Balaban J connectivity index is 0.00000288. The number of rotatable bonds is 8. The fraction of sp³-hybridized carbons (Fsp3) is 0.444. The van der Waals surface area contributed by atoms with Crippen LogP contribution >= 0.6 is 0 Å². The maximum atomic E-state index is 5.81. The predicted molar refractivity (Wildman–Crippen MR) is 92.1 cm³/mol. The van der Waals surface area contributed by atoms with E-state index in [9.17, 15) is 0 Å². The Morgan fingerprint density at radius 3 is 2.46 bits per heavy atom. The van der Waals surface area contributed by atoms with Crippen LogP contribution in [-0.4, -0.2) is 27.6 Å². The molecule has 2 aromatic rings. The van der Waals surface area contributed by atoms with Gasteiger partial charge in [-0.3, -0.25) is 4.98 Å². The summed E-state index contributed by atoms with van der Waals surface area (Å²) >= 11 is 0. The van der Waals surface area contributed by atoms with Crippen molar-refractivity contribution in [2.24, 2.45) is 0 Å². The maximum Gasteiger partial charge on any atom is 0.223 e. The fourth-order valence-electron chi connectivity index (χ4n) is 2.11. The van der Waals surface area contributed by atoms with Gasteiger partial charge in [-0.25, -0.2) is 4.98 Å². The number of aromatic nitrogens is 3. The van der Waals surface area contributed by atoms with Crippen LogP contribution in [0.2, 0.25) is 0 Å². The average molecular weight is 402 g/mol. The molecule has 1 radical (unpaired) electrons. The number of nitrogens with zero attached hydrogens (tertiary/aromatic N) is 3. The summed E-state index contributed by atoms with van der Waals surface area (Å²) in [7, 11) is 0. The van der Waals surface area contributed by atoms with Crippen LogP contribution in [0.25, 0.3) is 0 Å². The van der Waals surface area contributed by atoms with Crippen molar-refractivity contribution in [3.8, 4) is 0 Å². The molecule has 1 N–H and O–H groups in total. The van der Waals surface area contributed by atoms with Crippen LogP contribution in [0.3, 0.4) is 0 Å². The number of ether oxygens (including phenoxy) is 1. The molecule has 0 bridgehead atoms. The van der Waals surface area contributed by atoms with E-state index in [0.717, 1.165) is 24.0 Å². The molecule has 0 aliphatic carbocycles. The Labute approximate surface area is 169 Å². The molecule has 1 aromatic carbocycles. The van der Waals surface area contributed by atoms with Gasteiger partial charge in [-0.2, -0.15) is 18.8 Å². The van der Waals surface area contributed by atoms with E-state index in [2.05, 4.69) is 39.3 Å². The standard InChI is InChI=1S/C18H25N4O.Y/c1-5-16(12-23-11-15-9-7-6-8-10-15)21-18-20-14(4)19-17(22-18)13(2)3;/h6-10,16H,5,11-12H2,1-4H3,(H,19,20,21,22);/q-1;. The smallest absolute Gasteiger partial charge is 0.223 e. The molecule has 1 heterocycles. The Kier molecular flexibility index (Phi) is 9.41. The van der Waals surface area contributed by atoms with E-state index in [1.165, 1.54) is 5.56 Å². The van der Waals surface area contributed by atoms with Gasteiger partial charge >= 0.3 is 0 Å². The van der Waals surface area contributed by atoms with Gasteiger partial charge < -0.3 is 16.0 Å². The summed E-state index contributed by atoms with van der Waals surface area (Å²) in [5.74, 6) is 3.15. The minimum Gasteiger partial charge on any atom is -0.375 e. The van der Waals surface area contributed by atoms with E-state index in [1.807, 2.05) is 39.0 Å². The van der Waals surface area contributed by atoms with Gasteiger partial charge in [0.15, 0.2) is 0 Å². The first-order valence-corrected chi connectivity index (χ1v) is 8.00. The van der Waals surface area contributed by atoms with Gasteiger partial charge in [0.1, 0.15) is 5.82 Å². The number of aryl methyl sites for hydroxylation is 1. The average Bonchev–Trinajstić information content (AvgIpc) is 2.54. The zero-order chi connectivity index (χ0) is 16.7. The van der Waals surface area contributed by atoms with Crippen molar-refractivity contribution in [2.45, 2.75) is 46.8 Å². The fourth-order valence-corrected chi connectivity index (χ4v) is 2.11. The second-order valence-corrected chi connectivity index (χ2v) is 5.78. The van der Waals surface area contributed by atoms with E-state index >= 15 is 0 Å². The first kappa shape index (κ1) is 21.0. The van der Waals surface area contributed by atoms with E-state index in [0.29, 0.717) is 19.2 Å². The summed E-state index contributed by atoms with van der Waals surface area (Å²) in [5.41, 5.74) is 1.18. The second-order valence-electron chi connectivity index (χ2n) is 5.78. The Morgan fingerprint density at radius 1 is 1.12 bits per heavy atom. The van der Waals surface area contributed by atoms with Crippen molar-refractivity contribution in [2.75, 3.05) is 11.9 Å². The largest absolute Gasteiger partial charge is 0.375 e. The molecule has 24 heavy (non-hydrogen) atoms. The summed E-state index contributed by atoms with van der Waals surface area (Å²) < 4.78 is 5.81. The monoisotopic (exact) mass is 402 g/mol. The van der Waals surface area contributed by atoms with Crippen LogP contribution in [0.5, 0.6) is 0 Å². The zero-order valence-electron chi connectivity index (χ0n) is 14.9. The molecule has 0 fully saturated rings. The van der Waals surface area contributed by atoms with Crippen LogP contribution in [0.4, 0.5) is 5.95 Å². The molecule has 5 nitrogen and oxygen atoms in total. The van der Waals surface area contributed by atoms with Crippen LogP contribution in [0, 0.1) is 12.8 Å². The molecule has 0 saturated carbocycles. The predicted octanol–water partition coefficient (Wildman–Crippen LogP) is 3.55. The molecule has 1 aromatic heterocycles. The molecule has 0 spiro atoms. The van der Waals surface area contributed by atoms with Crippen molar-refractivity contribution in [1.82, 2.24) is 15.0 Å². The molecule has 6 heteroatoms. The van der Waals surface area contributed by atoms with E-state index in [1.54, 1.807) is 0 Å². The topological polar surface area (TPSA) is 59.9 Å². The zero-order valence-corrected chi connectivity index (χ0v) is 17.8. The minimum atomic E-state index is 0. The van der Waals surface area contributed by atoms with Gasteiger partial charge in [0.25, 0.3) is 0 Å². The van der Waals surface area contributed by atoms with Crippen molar-refractivity contribution in [1.29, 1.82) is 0 Å². The second kappa shape index (κ2) is 10.8. The Hall–Kier alpha value is -1.04. The summed E-state index contributed by atoms with van der Waals surface area (Å²) in [6, 6.07) is 10.4. The SMILES string of the molecule is CCC(COCc1ccccc1)Nc1nc(C)nc([C-](C)C)n1.[Y]. The third-order valence-corrected chi connectivity index (χ3v) is 3.45. The van der Waals surface area contributed by atoms with Crippen molar-refractivity contribution >= 4 is 5.95 Å². The third kappa shape index (κ3) is 6.83. The molecule has 0 amide bonds. The molecular formula is C18H25N4OY-. The molecule has 0 aliphatic heterocycles. The normalized spacial score (nSPS) is 11.5. The van der Waals surface area contributed by atoms with Crippen LogP contribution in [0.1, 0.15) is 44.4 Å². The molecular weight excluding hydrogens is 377 g/mol. The van der Waals surface area contributed by atoms with Gasteiger partial charge in [-0.15, -0.1) is 0 Å². The van der Waals surface area contributed by atoms with Crippen LogP contribution in [0.15, 0.2) is 30.3 Å². The number of hydrogen-bond acceptors (Lipinski definition) is 5. The Bertz CT molecular complexity index is 607. The maximum absolute atomic E-state index is 5.81. The molecule has 1 unspecified atom stereocenters. The van der Waals surface area contributed by atoms with E-state index < -0.39 is 0 Å². The number of anilines is 1. The number of hydrogen-bond donors (Lipinski definition) is 1. The van der Waals surface area contributed by atoms with Gasteiger partial charge in [-0.1, -0.05) is 37.3 Å². The van der Waals surface area contributed by atoms with Gasteiger partial charge in [-0.05, 0) is 18.9 Å². The summed E-state index contributed by atoms with van der Waals surface area (Å²) in [6.45, 7) is 9.22. The Morgan fingerprint density at radius 2 is 1.83 bits per heavy atom. The minimum absolute atomic E-state index is 0. The third-order valence-electron chi connectivity index (χ3n) is 3.45. The van der Waals surface area contributed by atoms with Crippen LogP contribution in [-0.2, 0) is 44.1 Å². The van der Waals surface area contributed by atoms with Gasteiger partial charge in [0, 0.05) is 38.5 Å². The molecule has 1 atom stereocenters. The van der Waals surface area contributed by atoms with E-state index in [-0.39, 0.29) is 38.8 Å². The quantitative estimate of drug-likeness (QED) is 0.685. The van der Waals surface area contributed by atoms with Crippen molar-refractivity contribution < 1.29 is 37.4 Å². The summed E-state index contributed by atoms with van der Waals surface area (Å²) in [6.07, 6.45) is 0.934. The van der Waals surface area contributed by atoms with Gasteiger partial charge in [0.05, 0.1) is 19.3 Å². The molecule has 0 saturated heterocycles. The number of benzene rings is 1.